The van der Waals surface area contributed by atoms with Crippen LogP contribution in [-0.4, -0.2) is 33.8 Å². The van der Waals surface area contributed by atoms with Gasteiger partial charge in [-0.25, -0.2) is 0 Å². The summed E-state index contributed by atoms with van der Waals surface area (Å²) in [6, 6.07) is 14.5. The number of halogens is 1. The fourth-order valence-corrected chi connectivity index (χ4v) is 2.99. The van der Waals surface area contributed by atoms with Gasteiger partial charge in [0.05, 0.1) is 0 Å². The van der Waals surface area contributed by atoms with Crippen LogP contribution in [0.1, 0.15) is 5.56 Å². The topological polar surface area (TPSA) is 41.9 Å². The Morgan fingerprint density at radius 2 is 1.87 bits per heavy atom. The van der Waals surface area contributed by atoms with Gasteiger partial charge in [-0.3, -0.25) is 0 Å². The van der Waals surface area contributed by atoms with Gasteiger partial charge in [0.1, 0.15) is 0 Å². The molecule has 0 unspecified atom stereocenters. The first-order chi connectivity index (χ1) is 11.1. The Morgan fingerprint density at radius 1 is 1.17 bits per heavy atom. The van der Waals surface area contributed by atoms with Crippen LogP contribution in [0.25, 0.3) is 6.08 Å². The van der Waals surface area contributed by atoms with Gasteiger partial charge in [0.25, 0.3) is 0 Å². The van der Waals surface area contributed by atoms with Crippen LogP contribution in [0.15, 0.2) is 59.2 Å². The minimum atomic E-state index is -0.205. The zero-order valence-corrected chi connectivity index (χ0v) is 14.7. The summed E-state index contributed by atoms with van der Waals surface area (Å²) < 4.78 is 5.63. The normalized spacial score (nSPS) is 15.9. The average molecular weight is 391 g/mol. The molecule has 1 aliphatic rings. The zero-order chi connectivity index (χ0) is 16.4. The van der Waals surface area contributed by atoms with E-state index in [4.69, 9.17) is 16.3 Å². The summed E-state index contributed by atoms with van der Waals surface area (Å²) in [4.78, 5) is 18.5. The first-order valence-electron chi connectivity index (χ1n) is 6.80. The molecule has 0 atom stereocenters. The van der Waals surface area contributed by atoms with Gasteiger partial charge in [-0.1, -0.05) is 0 Å². The molecular weight excluding hydrogens is 379 g/mol. The van der Waals surface area contributed by atoms with Crippen LogP contribution in [0.2, 0.25) is 5.02 Å². The third-order valence-corrected chi connectivity index (χ3v) is 4.28. The van der Waals surface area contributed by atoms with Gasteiger partial charge in [0.15, 0.2) is 0 Å². The first-order valence-corrected chi connectivity index (χ1v) is 8.04. The number of ether oxygens (including phenoxy) is 1. The van der Waals surface area contributed by atoms with E-state index in [-0.39, 0.29) is 5.91 Å². The van der Waals surface area contributed by atoms with E-state index in [1.165, 1.54) is 4.90 Å². The second-order valence-corrected chi connectivity index (χ2v) is 5.96. The van der Waals surface area contributed by atoms with Gasteiger partial charge in [-0.2, -0.15) is 0 Å². The predicted molar refractivity (Wildman–Crippen MR) is 93.1 cm³/mol. The van der Waals surface area contributed by atoms with Crippen molar-refractivity contribution in [3.63, 3.8) is 0 Å². The molecule has 23 heavy (non-hydrogen) atoms. The van der Waals surface area contributed by atoms with Gasteiger partial charge in [-0.15, -0.1) is 0 Å². The Labute approximate surface area is 147 Å². The number of hydrogen-bond acceptors (Lipinski definition) is 3. The number of aliphatic imine (C=N–C) groups is 1. The number of benzene rings is 2. The Kier molecular flexibility index (Phi) is 4.53. The summed E-state index contributed by atoms with van der Waals surface area (Å²) in [5.41, 5.74) is 1.81. The maximum atomic E-state index is 12.6. The van der Waals surface area contributed by atoms with E-state index in [1.54, 1.807) is 31.4 Å². The van der Waals surface area contributed by atoms with Crippen LogP contribution < -0.4 is 9.64 Å². The van der Waals surface area contributed by atoms with Gasteiger partial charge < -0.3 is 0 Å². The molecule has 0 fully saturated rings. The number of amidine groups is 1. The molecule has 4 nitrogen and oxygen atoms in total. The summed E-state index contributed by atoms with van der Waals surface area (Å²) >= 11 is 8.96. The molecule has 1 radical (unpaired) electrons. The maximum absolute atomic E-state index is 12.6. The summed E-state index contributed by atoms with van der Waals surface area (Å²) in [6.07, 6.45) is 1.69. The Morgan fingerprint density at radius 3 is 2.52 bits per heavy atom. The molecule has 0 spiro atoms. The molecule has 0 N–H and O–H groups in total. The quantitative estimate of drug-likeness (QED) is 0.596. The predicted octanol–water partition coefficient (Wildman–Crippen LogP) is 3.26. The molecule has 115 valence electrons. The van der Waals surface area contributed by atoms with Crippen molar-refractivity contribution in [2.75, 3.05) is 12.0 Å². The van der Waals surface area contributed by atoms with Crippen molar-refractivity contribution >= 4 is 50.0 Å². The molecule has 0 saturated carbocycles. The molecule has 2 aromatic rings. The van der Waals surface area contributed by atoms with Crippen LogP contribution in [0, 0.1) is 0 Å². The average Bonchev–Trinajstić information content (AvgIpc) is 2.84. The number of anilines is 1. The molecule has 0 saturated heterocycles. The van der Waals surface area contributed by atoms with Crippen molar-refractivity contribution in [3.8, 4) is 5.75 Å². The van der Waals surface area contributed by atoms with Gasteiger partial charge in [-0.05, 0) is 0 Å². The third-order valence-electron chi connectivity index (χ3n) is 3.36. The van der Waals surface area contributed by atoms with E-state index in [0.29, 0.717) is 15.5 Å². The van der Waals surface area contributed by atoms with Crippen molar-refractivity contribution in [2.24, 2.45) is 4.99 Å². The second kappa shape index (κ2) is 6.59. The summed E-state index contributed by atoms with van der Waals surface area (Å²) in [7, 11) is 1.60. The molecule has 0 bridgehead atoms. The molecule has 2 aromatic carbocycles. The third kappa shape index (κ3) is 3.17. The minimum absolute atomic E-state index is 0.205. The summed E-state index contributed by atoms with van der Waals surface area (Å²) in [6.45, 7) is 0. The van der Waals surface area contributed by atoms with E-state index in [0.717, 1.165) is 17.0 Å². The molecule has 1 amide bonds. The van der Waals surface area contributed by atoms with Crippen LogP contribution in [0.3, 0.4) is 0 Å². The monoisotopic (exact) mass is 391 g/mol. The number of amides is 1. The van der Waals surface area contributed by atoms with Crippen molar-refractivity contribution in [1.82, 2.24) is 0 Å². The van der Waals surface area contributed by atoms with E-state index < -0.39 is 0 Å². The molecular formula is C17H12ClN2O2Se. The second-order valence-electron chi connectivity index (χ2n) is 4.78. The Bertz CT molecular complexity index is 816. The van der Waals surface area contributed by atoms with Crippen LogP contribution >= 0.6 is 11.6 Å². The van der Waals surface area contributed by atoms with Gasteiger partial charge in [0, 0.05) is 0 Å². The molecule has 6 heteroatoms. The van der Waals surface area contributed by atoms with Crippen molar-refractivity contribution in [2.45, 2.75) is 0 Å². The molecule has 3 rings (SSSR count). The number of rotatable bonds is 3. The van der Waals surface area contributed by atoms with Crippen LogP contribution in [-0.2, 0) is 4.79 Å². The van der Waals surface area contributed by atoms with Crippen LogP contribution in [0.4, 0.5) is 5.69 Å². The van der Waals surface area contributed by atoms with E-state index >= 15 is 0 Å². The molecule has 0 aromatic heterocycles. The van der Waals surface area contributed by atoms with E-state index in [9.17, 15) is 4.79 Å². The summed E-state index contributed by atoms with van der Waals surface area (Å²) in [5.74, 6) is 0.523. The standard InChI is InChI=1S/C17H12ClN2O2Se/c1-22-13-8-6-12(7-9-13)20-16(21)15(19-17(20)23)10-11-4-2-3-5-14(11)18/h2-10H,1H3/b15-10-. The van der Waals surface area contributed by atoms with Gasteiger partial charge in [0.2, 0.25) is 0 Å². The number of carbonyl (C=O) groups is 1. The molecule has 1 aliphatic heterocycles. The van der Waals surface area contributed by atoms with Gasteiger partial charge >= 0.3 is 147 Å². The number of carbonyl (C=O) groups excluding carboxylic acids is 1. The van der Waals surface area contributed by atoms with Crippen molar-refractivity contribution < 1.29 is 9.53 Å². The van der Waals surface area contributed by atoms with E-state index in [1.807, 2.05) is 30.3 Å². The number of nitrogens with zero attached hydrogens (tertiary/aromatic N) is 2. The van der Waals surface area contributed by atoms with Crippen molar-refractivity contribution in [3.05, 3.63) is 64.8 Å². The number of hydrogen-bond donors (Lipinski definition) is 0. The fraction of sp³-hybridized carbons (Fsp3) is 0.0588. The number of methoxy groups -OCH3 is 1. The fourth-order valence-electron chi connectivity index (χ4n) is 2.19. The summed E-state index contributed by atoms with van der Waals surface area (Å²) in [5, 5.41) is 0.576. The Balaban J connectivity index is 1.93. The van der Waals surface area contributed by atoms with Crippen LogP contribution in [0.5, 0.6) is 5.75 Å². The molecule has 0 aliphatic carbocycles. The van der Waals surface area contributed by atoms with E-state index in [2.05, 4.69) is 21.0 Å². The van der Waals surface area contributed by atoms with Crippen molar-refractivity contribution in [1.29, 1.82) is 0 Å². The SMILES string of the molecule is COc1ccc(N2C(=O)/C(=C/c3ccccc3Cl)N=C2[Se])cc1. The molecule has 1 heterocycles. The Hall–Kier alpha value is -2.07. The first kappa shape index (κ1) is 15.8. The zero-order valence-electron chi connectivity index (χ0n) is 12.2.